The minimum atomic E-state index is -0.936. The highest BCUT2D eigenvalue weighted by atomic mass is 19.1. The Balaban J connectivity index is 1.60. The zero-order chi connectivity index (χ0) is 22.1. The van der Waals surface area contributed by atoms with Gasteiger partial charge in [0.05, 0.1) is 13.0 Å². The number of halogens is 1. The number of nitrogens with one attached hydrogen (secondary N) is 3. The fraction of sp³-hybridized carbons (Fsp3) is 0.125. The van der Waals surface area contributed by atoms with Gasteiger partial charge < -0.3 is 16.0 Å². The third-order valence-corrected chi connectivity index (χ3v) is 4.44. The third-order valence-electron chi connectivity index (χ3n) is 4.44. The number of carbonyl (C=O) groups is 3. The van der Waals surface area contributed by atoms with E-state index in [2.05, 4.69) is 16.0 Å². The van der Waals surface area contributed by atoms with E-state index in [-0.39, 0.29) is 13.0 Å². The van der Waals surface area contributed by atoms with Crippen molar-refractivity contribution < 1.29 is 18.8 Å². The molecule has 0 heterocycles. The number of rotatable bonds is 8. The van der Waals surface area contributed by atoms with Crippen LogP contribution in [0.1, 0.15) is 17.2 Å². The Kier molecular flexibility index (Phi) is 7.48. The summed E-state index contributed by atoms with van der Waals surface area (Å²) in [6.07, 6.45) is -0.0539. The molecule has 0 aliphatic carbocycles. The molecule has 6 nitrogen and oxygen atoms in total. The first-order chi connectivity index (χ1) is 15.0. The van der Waals surface area contributed by atoms with Crippen LogP contribution in [-0.4, -0.2) is 24.3 Å². The first kappa shape index (κ1) is 21.7. The van der Waals surface area contributed by atoms with Crippen molar-refractivity contribution in [1.82, 2.24) is 10.6 Å². The fourth-order valence-electron chi connectivity index (χ4n) is 2.97. The molecule has 158 valence electrons. The Hall–Kier alpha value is -4.00. The predicted molar refractivity (Wildman–Crippen MR) is 116 cm³/mol. The van der Waals surface area contributed by atoms with E-state index in [9.17, 15) is 18.8 Å². The van der Waals surface area contributed by atoms with Crippen molar-refractivity contribution in [2.24, 2.45) is 0 Å². The van der Waals surface area contributed by atoms with Gasteiger partial charge in [0.25, 0.3) is 5.91 Å². The van der Waals surface area contributed by atoms with Crippen LogP contribution in [0, 0.1) is 5.82 Å². The van der Waals surface area contributed by atoms with Crippen molar-refractivity contribution in [2.45, 2.75) is 12.5 Å². The second kappa shape index (κ2) is 10.7. The molecule has 0 aliphatic heterocycles. The largest absolute Gasteiger partial charge is 0.347 e. The molecule has 3 amide bonds. The Bertz CT molecular complexity index is 1040. The lowest BCUT2D eigenvalue weighted by molar-refractivity contribution is -0.128. The van der Waals surface area contributed by atoms with E-state index in [1.54, 1.807) is 54.6 Å². The van der Waals surface area contributed by atoms with E-state index < -0.39 is 29.6 Å². The summed E-state index contributed by atoms with van der Waals surface area (Å²) in [6, 6.07) is 22.5. The standard InChI is InChI=1S/C24H22FN3O3/c25-19-11-7-8-17(14-19)15-21(29)26-16-22(30)28-23(18-9-3-1-4-10-18)24(31)27-20-12-5-2-6-13-20/h1-14,23H,15-16H2,(H,26,29)(H,27,31)(H,28,30). The second-order valence-corrected chi connectivity index (χ2v) is 6.85. The maximum atomic E-state index is 13.2. The van der Waals surface area contributed by atoms with Gasteiger partial charge in [-0.1, -0.05) is 60.7 Å². The molecular weight excluding hydrogens is 397 g/mol. The first-order valence-corrected chi connectivity index (χ1v) is 9.72. The van der Waals surface area contributed by atoms with E-state index in [0.717, 1.165) is 0 Å². The molecule has 1 atom stereocenters. The number of amides is 3. The molecule has 7 heteroatoms. The van der Waals surface area contributed by atoms with Crippen molar-refractivity contribution in [1.29, 1.82) is 0 Å². The van der Waals surface area contributed by atoms with E-state index in [1.165, 1.54) is 18.2 Å². The van der Waals surface area contributed by atoms with Gasteiger partial charge in [0.2, 0.25) is 11.8 Å². The van der Waals surface area contributed by atoms with Gasteiger partial charge in [-0.2, -0.15) is 0 Å². The summed E-state index contributed by atoms with van der Waals surface area (Å²) in [7, 11) is 0. The highest BCUT2D eigenvalue weighted by Gasteiger charge is 2.23. The van der Waals surface area contributed by atoms with Gasteiger partial charge >= 0.3 is 0 Å². The summed E-state index contributed by atoms with van der Waals surface area (Å²) in [5.74, 6) is -1.79. The quantitative estimate of drug-likeness (QED) is 0.525. The molecule has 3 rings (SSSR count). The summed E-state index contributed by atoms with van der Waals surface area (Å²) in [5.41, 5.74) is 1.71. The smallest absolute Gasteiger partial charge is 0.251 e. The molecule has 0 bridgehead atoms. The molecule has 0 radical (unpaired) electrons. The molecule has 3 aromatic carbocycles. The van der Waals surface area contributed by atoms with Crippen molar-refractivity contribution in [3.05, 3.63) is 102 Å². The summed E-state index contributed by atoms with van der Waals surface area (Å²) in [5, 5.41) is 7.92. The van der Waals surface area contributed by atoms with Gasteiger partial charge in [-0.3, -0.25) is 14.4 Å². The van der Waals surface area contributed by atoms with Gasteiger partial charge in [-0.15, -0.1) is 0 Å². The van der Waals surface area contributed by atoms with Gasteiger partial charge in [-0.25, -0.2) is 4.39 Å². The minimum Gasteiger partial charge on any atom is -0.347 e. The summed E-state index contributed by atoms with van der Waals surface area (Å²) < 4.78 is 13.2. The molecule has 0 saturated heterocycles. The van der Waals surface area contributed by atoms with Gasteiger partial charge in [0.15, 0.2) is 0 Å². The number of anilines is 1. The van der Waals surface area contributed by atoms with Crippen LogP contribution < -0.4 is 16.0 Å². The zero-order valence-corrected chi connectivity index (χ0v) is 16.7. The number of carbonyl (C=O) groups excluding carboxylic acids is 3. The van der Waals surface area contributed by atoms with Crippen LogP contribution in [0.3, 0.4) is 0 Å². The number of hydrogen-bond acceptors (Lipinski definition) is 3. The second-order valence-electron chi connectivity index (χ2n) is 6.85. The maximum absolute atomic E-state index is 13.2. The highest BCUT2D eigenvalue weighted by molar-refractivity contribution is 5.98. The lowest BCUT2D eigenvalue weighted by atomic mass is 10.1. The van der Waals surface area contributed by atoms with Crippen molar-refractivity contribution >= 4 is 23.4 Å². The molecule has 0 spiro atoms. The molecule has 0 aliphatic rings. The van der Waals surface area contributed by atoms with Crippen LogP contribution in [0.4, 0.5) is 10.1 Å². The Morgan fingerprint density at radius 1 is 0.806 bits per heavy atom. The van der Waals surface area contributed by atoms with Crippen molar-refractivity contribution in [3.63, 3.8) is 0 Å². The average Bonchev–Trinajstić information content (AvgIpc) is 2.77. The van der Waals surface area contributed by atoms with Gasteiger partial charge in [-0.05, 0) is 35.4 Å². The molecule has 3 aromatic rings. The lowest BCUT2D eigenvalue weighted by Gasteiger charge is -2.19. The number of benzene rings is 3. The van der Waals surface area contributed by atoms with Gasteiger partial charge in [0.1, 0.15) is 11.9 Å². The summed E-state index contributed by atoms with van der Waals surface area (Å²) >= 11 is 0. The third kappa shape index (κ3) is 6.78. The molecule has 0 fully saturated rings. The normalized spacial score (nSPS) is 11.3. The monoisotopic (exact) mass is 419 g/mol. The topological polar surface area (TPSA) is 87.3 Å². The molecule has 0 aromatic heterocycles. The van der Waals surface area contributed by atoms with E-state index >= 15 is 0 Å². The number of hydrogen-bond donors (Lipinski definition) is 3. The van der Waals surface area contributed by atoms with Crippen LogP contribution in [0.15, 0.2) is 84.9 Å². The van der Waals surface area contributed by atoms with Crippen LogP contribution in [0.2, 0.25) is 0 Å². The van der Waals surface area contributed by atoms with Crippen LogP contribution >= 0.6 is 0 Å². The lowest BCUT2D eigenvalue weighted by Crippen LogP contribution is -2.42. The van der Waals surface area contributed by atoms with Crippen LogP contribution in [0.25, 0.3) is 0 Å². The Morgan fingerprint density at radius 3 is 2.16 bits per heavy atom. The maximum Gasteiger partial charge on any atom is 0.251 e. The molecular formula is C24H22FN3O3. The van der Waals surface area contributed by atoms with Crippen LogP contribution in [0.5, 0.6) is 0 Å². The predicted octanol–water partition coefficient (Wildman–Crippen LogP) is 2.98. The van der Waals surface area contributed by atoms with E-state index in [1.807, 2.05) is 12.1 Å². The minimum absolute atomic E-state index is 0.0539. The molecule has 1 unspecified atom stereocenters. The van der Waals surface area contributed by atoms with E-state index in [0.29, 0.717) is 16.8 Å². The molecule has 31 heavy (non-hydrogen) atoms. The van der Waals surface area contributed by atoms with Crippen molar-refractivity contribution in [3.8, 4) is 0 Å². The fourth-order valence-corrected chi connectivity index (χ4v) is 2.97. The van der Waals surface area contributed by atoms with Crippen LogP contribution in [-0.2, 0) is 20.8 Å². The highest BCUT2D eigenvalue weighted by Crippen LogP contribution is 2.16. The van der Waals surface area contributed by atoms with E-state index in [4.69, 9.17) is 0 Å². The number of para-hydroxylation sites is 1. The molecule has 3 N–H and O–H groups in total. The Labute approximate surface area is 179 Å². The molecule has 0 saturated carbocycles. The summed E-state index contributed by atoms with van der Waals surface area (Å²) in [6.45, 7) is -0.309. The zero-order valence-electron chi connectivity index (χ0n) is 16.7. The first-order valence-electron chi connectivity index (χ1n) is 9.72. The summed E-state index contributed by atoms with van der Waals surface area (Å²) in [4.78, 5) is 37.3. The van der Waals surface area contributed by atoms with Gasteiger partial charge in [0, 0.05) is 5.69 Å². The SMILES string of the molecule is O=C(Cc1cccc(F)c1)NCC(=O)NC(C(=O)Nc1ccccc1)c1ccccc1. The average molecular weight is 419 g/mol. The van der Waals surface area contributed by atoms with Crippen molar-refractivity contribution in [2.75, 3.05) is 11.9 Å². The Morgan fingerprint density at radius 2 is 1.48 bits per heavy atom.